The van der Waals surface area contributed by atoms with Gasteiger partial charge in [0.25, 0.3) is 5.91 Å². The lowest BCUT2D eigenvalue weighted by Gasteiger charge is -2.25. The van der Waals surface area contributed by atoms with Gasteiger partial charge in [-0.15, -0.1) is 0 Å². The number of para-hydroxylation sites is 1. The zero-order valence-corrected chi connectivity index (χ0v) is 12.7. The summed E-state index contributed by atoms with van der Waals surface area (Å²) in [7, 11) is 1.68. The quantitative estimate of drug-likeness (QED) is 0.871. The summed E-state index contributed by atoms with van der Waals surface area (Å²) in [6.45, 7) is 0.801. The van der Waals surface area contributed by atoms with Gasteiger partial charge >= 0.3 is 0 Å². The number of methoxy groups -OCH3 is 1. The van der Waals surface area contributed by atoms with Gasteiger partial charge in [-0.05, 0) is 43.0 Å². The summed E-state index contributed by atoms with van der Waals surface area (Å²) in [5, 5.41) is 0. The number of aromatic nitrogens is 1. The van der Waals surface area contributed by atoms with Crippen LogP contribution in [0.2, 0.25) is 0 Å². The van der Waals surface area contributed by atoms with E-state index >= 15 is 0 Å². The second-order valence-corrected chi connectivity index (χ2v) is 5.53. The summed E-state index contributed by atoms with van der Waals surface area (Å²) >= 11 is 0. The van der Waals surface area contributed by atoms with Gasteiger partial charge in [-0.1, -0.05) is 24.3 Å². The number of amides is 1. The van der Waals surface area contributed by atoms with Gasteiger partial charge in [-0.3, -0.25) is 9.78 Å². The Kier molecular flexibility index (Phi) is 4.37. The molecule has 22 heavy (non-hydrogen) atoms. The van der Waals surface area contributed by atoms with Crippen molar-refractivity contribution in [2.75, 3.05) is 13.7 Å². The minimum absolute atomic E-state index is 0.0259. The van der Waals surface area contributed by atoms with Crippen molar-refractivity contribution in [1.29, 1.82) is 0 Å². The van der Waals surface area contributed by atoms with Crippen molar-refractivity contribution in [1.82, 2.24) is 9.88 Å². The summed E-state index contributed by atoms with van der Waals surface area (Å²) in [5.41, 5.74) is 1.67. The highest BCUT2D eigenvalue weighted by atomic mass is 16.5. The zero-order chi connectivity index (χ0) is 15.4. The van der Waals surface area contributed by atoms with Crippen LogP contribution in [0.4, 0.5) is 0 Å². The number of hydrogen-bond acceptors (Lipinski definition) is 3. The number of ether oxygens (including phenoxy) is 1. The molecule has 0 N–H and O–H groups in total. The molecule has 0 bridgehead atoms. The molecule has 0 unspecified atom stereocenters. The standard InChI is InChI=1S/C18H20N2O2/c1-22-17-10-3-2-7-14(17)13-15-8-6-12-20(15)18(21)16-9-4-5-11-19-16/h2-5,7,9-11,15H,6,8,12-13H2,1H3/t15-/m1/s1. The summed E-state index contributed by atoms with van der Waals surface area (Å²) < 4.78 is 5.42. The van der Waals surface area contributed by atoms with E-state index in [0.29, 0.717) is 5.69 Å². The first-order valence-corrected chi connectivity index (χ1v) is 7.63. The molecule has 0 spiro atoms. The minimum Gasteiger partial charge on any atom is -0.496 e. The summed E-state index contributed by atoms with van der Waals surface area (Å²) in [6.07, 6.45) is 4.55. The number of benzene rings is 1. The van der Waals surface area contributed by atoms with E-state index in [4.69, 9.17) is 4.74 Å². The van der Waals surface area contributed by atoms with E-state index < -0.39 is 0 Å². The lowest BCUT2D eigenvalue weighted by atomic mass is 10.0. The fourth-order valence-electron chi connectivity index (χ4n) is 3.08. The van der Waals surface area contributed by atoms with Crippen LogP contribution in [0.5, 0.6) is 5.75 Å². The van der Waals surface area contributed by atoms with Gasteiger partial charge in [0.05, 0.1) is 7.11 Å². The number of likely N-dealkylation sites (tertiary alicyclic amines) is 1. The average molecular weight is 296 g/mol. The van der Waals surface area contributed by atoms with E-state index in [-0.39, 0.29) is 11.9 Å². The van der Waals surface area contributed by atoms with Crippen LogP contribution in [-0.2, 0) is 6.42 Å². The van der Waals surface area contributed by atoms with Crippen molar-refractivity contribution in [3.8, 4) is 5.75 Å². The molecule has 4 heteroatoms. The smallest absolute Gasteiger partial charge is 0.272 e. The molecule has 1 aliphatic rings. The van der Waals surface area contributed by atoms with E-state index in [1.54, 1.807) is 19.4 Å². The van der Waals surface area contributed by atoms with Crippen LogP contribution in [0, 0.1) is 0 Å². The maximum absolute atomic E-state index is 12.6. The van der Waals surface area contributed by atoms with Crippen molar-refractivity contribution in [3.63, 3.8) is 0 Å². The number of rotatable bonds is 4. The molecule has 1 aromatic heterocycles. The van der Waals surface area contributed by atoms with Crippen molar-refractivity contribution in [2.45, 2.75) is 25.3 Å². The van der Waals surface area contributed by atoms with Gasteiger partial charge < -0.3 is 9.64 Å². The average Bonchev–Trinajstić information content (AvgIpc) is 3.03. The van der Waals surface area contributed by atoms with Crippen LogP contribution in [-0.4, -0.2) is 35.5 Å². The highest BCUT2D eigenvalue weighted by molar-refractivity contribution is 5.92. The number of pyridine rings is 1. The van der Waals surface area contributed by atoms with Crippen LogP contribution >= 0.6 is 0 Å². The molecule has 0 saturated carbocycles. The molecule has 4 nitrogen and oxygen atoms in total. The number of carbonyl (C=O) groups excluding carboxylic acids is 1. The van der Waals surface area contributed by atoms with Crippen LogP contribution in [0.25, 0.3) is 0 Å². The number of carbonyl (C=O) groups is 1. The topological polar surface area (TPSA) is 42.4 Å². The van der Waals surface area contributed by atoms with E-state index in [9.17, 15) is 4.79 Å². The second kappa shape index (κ2) is 6.60. The van der Waals surface area contributed by atoms with E-state index in [1.165, 1.54) is 0 Å². The van der Waals surface area contributed by atoms with Gasteiger partial charge in [0.15, 0.2) is 0 Å². The Morgan fingerprint density at radius 3 is 2.86 bits per heavy atom. The first-order chi connectivity index (χ1) is 10.8. The molecule has 1 saturated heterocycles. The Bertz CT molecular complexity index is 643. The Labute approximate surface area is 130 Å². The fraction of sp³-hybridized carbons (Fsp3) is 0.333. The van der Waals surface area contributed by atoms with Crippen molar-refractivity contribution in [2.24, 2.45) is 0 Å². The Hall–Kier alpha value is -2.36. The Balaban J connectivity index is 1.77. The van der Waals surface area contributed by atoms with Crippen LogP contribution in [0.15, 0.2) is 48.7 Å². The summed E-state index contributed by atoms with van der Waals surface area (Å²) in [4.78, 5) is 18.8. The Morgan fingerprint density at radius 2 is 2.09 bits per heavy atom. The van der Waals surface area contributed by atoms with Gasteiger partial charge in [0.2, 0.25) is 0 Å². The van der Waals surface area contributed by atoms with Crippen molar-refractivity contribution >= 4 is 5.91 Å². The monoisotopic (exact) mass is 296 g/mol. The van der Waals surface area contributed by atoms with E-state index in [0.717, 1.165) is 37.1 Å². The zero-order valence-electron chi connectivity index (χ0n) is 12.7. The maximum atomic E-state index is 12.6. The largest absolute Gasteiger partial charge is 0.496 e. The molecule has 2 aromatic rings. The summed E-state index contributed by atoms with van der Waals surface area (Å²) in [5.74, 6) is 0.914. The molecule has 114 valence electrons. The molecular weight excluding hydrogens is 276 g/mol. The fourth-order valence-corrected chi connectivity index (χ4v) is 3.08. The lowest BCUT2D eigenvalue weighted by molar-refractivity contribution is 0.0730. The predicted molar refractivity (Wildman–Crippen MR) is 85.0 cm³/mol. The van der Waals surface area contributed by atoms with Crippen molar-refractivity contribution in [3.05, 3.63) is 59.9 Å². The minimum atomic E-state index is 0.0259. The highest BCUT2D eigenvalue weighted by Crippen LogP contribution is 2.26. The van der Waals surface area contributed by atoms with Crippen LogP contribution in [0.3, 0.4) is 0 Å². The summed E-state index contributed by atoms with van der Waals surface area (Å²) in [6, 6.07) is 13.7. The lowest BCUT2D eigenvalue weighted by Crippen LogP contribution is -2.37. The first-order valence-electron chi connectivity index (χ1n) is 7.63. The molecule has 3 rings (SSSR count). The highest BCUT2D eigenvalue weighted by Gasteiger charge is 2.30. The molecule has 1 atom stereocenters. The molecule has 1 amide bonds. The van der Waals surface area contributed by atoms with Gasteiger partial charge in [0.1, 0.15) is 11.4 Å². The van der Waals surface area contributed by atoms with Crippen molar-refractivity contribution < 1.29 is 9.53 Å². The molecule has 1 fully saturated rings. The molecule has 2 heterocycles. The SMILES string of the molecule is COc1ccccc1C[C@H]1CCCN1C(=O)c1ccccn1. The van der Waals surface area contributed by atoms with Crippen LogP contribution < -0.4 is 4.74 Å². The Morgan fingerprint density at radius 1 is 1.27 bits per heavy atom. The molecule has 1 aliphatic heterocycles. The van der Waals surface area contributed by atoms with Gasteiger partial charge in [0, 0.05) is 18.8 Å². The second-order valence-electron chi connectivity index (χ2n) is 5.53. The molecule has 0 radical (unpaired) electrons. The van der Waals surface area contributed by atoms with Crippen LogP contribution in [0.1, 0.15) is 28.9 Å². The maximum Gasteiger partial charge on any atom is 0.272 e. The van der Waals surface area contributed by atoms with E-state index in [1.807, 2.05) is 35.2 Å². The third-order valence-corrected chi connectivity index (χ3v) is 4.17. The number of hydrogen-bond donors (Lipinski definition) is 0. The third kappa shape index (κ3) is 2.96. The molecule has 0 aliphatic carbocycles. The van der Waals surface area contributed by atoms with E-state index in [2.05, 4.69) is 11.1 Å². The normalized spacial score (nSPS) is 17.5. The van der Waals surface area contributed by atoms with Gasteiger partial charge in [-0.25, -0.2) is 0 Å². The first kappa shape index (κ1) is 14.6. The molecular formula is C18H20N2O2. The van der Waals surface area contributed by atoms with Gasteiger partial charge in [-0.2, -0.15) is 0 Å². The number of nitrogens with zero attached hydrogens (tertiary/aromatic N) is 2. The predicted octanol–water partition coefficient (Wildman–Crippen LogP) is 2.94. The third-order valence-electron chi connectivity index (χ3n) is 4.17. The molecule has 1 aromatic carbocycles.